The number of halogens is 1. The Hall–Kier alpha value is -2.86. The van der Waals surface area contributed by atoms with E-state index >= 15 is 0 Å². The number of hydrogen-bond donors (Lipinski definition) is 1. The second-order valence-electron chi connectivity index (χ2n) is 7.32. The molecule has 1 N–H and O–H groups in total. The minimum absolute atomic E-state index is 0.252. The number of aromatic nitrogens is 2. The summed E-state index contributed by atoms with van der Waals surface area (Å²) in [5.41, 5.74) is -0.334. The maximum Gasteiger partial charge on any atom is 0.336 e. The van der Waals surface area contributed by atoms with E-state index in [4.69, 9.17) is 11.6 Å². The molecule has 1 unspecified atom stereocenters. The number of para-hydroxylation sites is 2. The number of nitrogens with zero attached hydrogens (tertiary/aromatic N) is 2. The SMILES string of the molecule is CCC(C(=O)NCC(C)C)n1c(=O)n(-c2ccccc2Cl)c(=O)c2ccccc21. The third kappa shape index (κ3) is 3.98. The van der Waals surface area contributed by atoms with Crippen LogP contribution in [0.1, 0.15) is 33.2 Å². The number of nitrogens with one attached hydrogen (secondary N) is 1. The summed E-state index contributed by atoms with van der Waals surface area (Å²) in [4.78, 5) is 39.5. The van der Waals surface area contributed by atoms with Crippen LogP contribution in [0.25, 0.3) is 16.6 Å². The van der Waals surface area contributed by atoms with Crippen LogP contribution in [0.15, 0.2) is 58.1 Å². The topological polar surface area (TPSA) is 73.1 Å². The van der Waals surface area contributed by atoms with Crippen LogP contribution in [0.3, 0.4) is 0 Å². The molecule has 3 aromatic rings. The molecule has 2 aromatic carbocycles. The standard InChI is InChI=1S/C22H24ClN3O3/c1-4-17(20(27)24-13-14(2)3)25-18-11-7-5-9-15(18)21(28)26(22(25)29)19-12-8-6-10-16(19)23/h5-12,14,17H,4,13H2,1-3H3,(H,24,27). The fourth-order valence-corrected chi connectivity index (χ4v) is 3.56. The van der Waals surface area contributed by atoms with Crippen molar-refractivity contribution in [3.63, 3.8) is 0 Å². The van der Waals surface area contributed by atoms with E-state index in [1.165, 1.54) is 4.57 Å². The van der Waals surface area contributed by atoms with Gasteiger partial charge in [-0.15, -0.1) is 0 Å². The van der Waals surface area contributed by atoms with Gasteiger partial charge in [-0.25, -0.2) is 9.36 Å². The second kappa shape index (κ2) is 8.66. The maximum absolute atomic E-state index is 13.5. The summed E-state index contributed by atoms with van der Waals surface area (Å²) in [5.74, 6) is 0.0276. The van der Waals surface area contributed by atoms with E-state index in [-0.39, 0.29) is 16.8 Å². The minimum Gasteiger partial charge on any atom is -0.354 e. The molecule has 1 aromatic heterocycles. The zero-order valence-corrected chi connectivity index (χ0v) is 17.4. The maximum atomic E-state index is 13.5. The van der Waals surface area contributed by atoms with Crippen molar-refractivity contribution < 1.29 is 4.79 Å². The largest absolute Gasteiger partial charge is 0.354 e. The van der Waals surface area contributed by atoms with Gasteiger partial charge in [0.1, 0.15) is 6.04 Å². The number of carbonyl (C=O) groups excluding carboxylic acids is 1. The Morgan fingerprint density at radius 2 is 1.72 bits per heavy atom. The van der Waals surface area contributed by atoms with Crippen molar-refractivity contribution in [3.05, 3.63) is 74.4 Å². The monoisotopic (exact) mass is 413 g/mol. The van der Waals surface area contributed by atoms with Crippen LogP contribution in [0.5, 0.6) is 0 Å². The van der Waals surface area contributed by atoms with Gasteiger partial charge in [-0.3, -0.25) is 14.2 Å². The van der Waals surface area contributed by atoms with Gasteiger partial charge >= 0.3 is 5.69 Å². The van der Waals surface area contributed by atoms with E-state index < -0.39 is 17.3 Å². The molecule has 152 valence electrons. The molecule has 1 atom stereocenters. The van der Waals surface area contributed by atoms with E-state index in [2.05, 4.69) is 5.32 Å². The Morgan fingerprint density at radius 1 is 1.07 bits per heavy atom. The molecule has 0 saturated carbocycles. The van der Waals surface area contributed by atoms with Crippen molar-refractivity contribution in [2.45, 2.75) is 33.2 Å². The summed E-state index contributed by atoms with van der Waals surface area (Å²) in [5, 5.41) is 3.53. The molecule has 0 fully saturated rings. The number of rotatable bonds is 6. The fraction of sp³-hybridized carbons (Fsp3) is 0.318. The average Bonchev–Trinajstić information content (AvgIpc) is 2.70. The molecule has 0 radical (unpaired) electrons. The molecular weight excluding hydrogens is 390 g/mol. The highest BCUT2D eigenvalue weighted by molar-refractivity contribution is 6.32. The Balaban J connectivity index is 2.32. The lowest BCUT2D eigenvalue weighted by Gasteiger charge is -2.22. The van der Waals surface area contributed by atoms with Crippen molar-refractivity contribution in [3.8, 4) is 5.69 Å². The normalized spacial score (nSPS) is 12.3. The molecule has 0 aliphatic carbocycles. The molecule has 0 spiro atoms. The minimum atomic E-state index is -0.750. The van der Waals surface area contributed by atoms with Crippen molar-refractivity contribution in [1.29, 1.82) is 0 Å². The molecule has 7 heteroatoms. The van der Waals surface area contributed by atoms with Crippen molar-refractivity contribution in [2.75, 3.05) is 6.54 Å². The number of fused-ring (bicyclic) bond motifs is 1. The van der Waals surface area contributed by atoms with Crippen LogP contribution >= 0.6 is 11.6 Å². The molecule has 0 aliphatic heterocycles. The van der Waals surface area contributed by atoms with Crippen LogP contribution in [0.2, 0.25) is 5.02 Å². The third-order valence-corrected chi connectivity index (χ3v) is 5.09. The molecule has 6 nitrogen and oxygen atoms in total. The smallest absolute Gasteiger partial charge is 0.336 e. The molecule has 1 amide bonds. The summed E-state index contributed by atoms with van der Waals surface area (Å²) in [6.45, 7) is 6.35. The summed E-state index contributed by atoms with van der Waals surface area (Å²) in [6, 6.07) is 12.7. The van der Waals surface area contributed by atoms with E-state index in [1.807, 2.05) is 20.8 Å². The first kappa shape index (κ1) is 20.9. The highest BCUT2D eigenvalue weighted by Gasteiger charge is 2.25. The van der Waals surface area contributed by atoms with Crippen LogP contribution < -0.4 is 16.6 Å². The van der Waals surface area contributed by atoms with E-state index in [0.717, 1.165) is 4.57 Å². The molecule has 29 heavy (non-hydrogen) atoms. The van der Waals surface area contributed by atoms with Gasteiger partial charge in [0, 0.05) is 6.54 Å². The third-order valence-electron chi connectivity index (χ3n) is 4.77. The van der Waals surface area contributed by atoms with E-state index in [0.29, 0.717) is 29.6 Å². The number of carbonyl (C=O) groups is 1. The van der Waals surface area contributed by atoms with Gasteiger partial charge in [0.2, 0.25) is 5.91 Å². The summed E-state index contributed by atoms with van der Waals surface area (Å²) in [7, 11) is 0. The van der Waals surface area contributed by atoms with Crippen LogP contribution in [-0.4, -0.2) is 21.6 Å². The zero-order chi connectivity index (χ0) is 21.1. The molecule has 1 heterocycles. The Bertz CT molecular complexity index is 1160. The summed E-state index contributed by atoms with van der Waals surface area (Å²) >= 11 is 6.28. The van der Waals surface area contributed by atoms with Crippen LogP contribution in [-0.2, 0) is 4.79 Å². The van der Waals surface area contributed by atoms with Gasteiger partial charge in [-0.05, 0) is 36.6 Å². The summed E-state index contributed by atoms with van der Waals surface area (Å²) in [6.07, 6.45) is 0.397. The Kier molecular flexibility index (Phi) is 6.23. The van der Waals surface area contributed by atoms with Crippen molar-refractivity contribution >= 4 is 28.4 Å². The second-order valence-corrected chi connectivity index (χ2v) is 7.73. The first-order valence-electron chi connectivity index (χ1n) is 9.65. The molecule has 0 saturated heterocycles. The first-order chi connectivity index (χ1) is 13.9. The van der Waals surface area contributed by atoms with Crippen molar-refractivity contribution in [2.24, 2.45) is 5.92 Å². The quantitative estimate of drug-likeness (QED) is 0.671. The number of benzene rings is 2. The van der Waals surface area contributed by atoms with Gasteiger partial charge in [0.15, 0.2) is 0 Å². The van der Waals surface area contributed by atoms with Gasteiger partial charge in [0.25, 0.3) is 5.56 Å². The molecular formula is C22H24ClN3O3. The predicted octanol–water partition coefficient (Wildman–Crippen LogP) is 3.53. The lowest BCUT2D eigenvalue weighted by atomic mass is 10.1. The average molecular weight is 414 g/mol. The highest BCUT2D eigenvalue weighted by atomic mass is 35.5. The zero-order valence-electron chi connectivity index (χ0n) is 16.7. The van der Waals surface area contributed by atoms with E-state index in [1.54, 1.807) is 48.5 Å². The molecule has 0 aliphatic rings. The van der Waals surface area contributed by atoms with Gasteiger partial charge in [-0.1, -0.05) is 56.6 Å². The van der Waals surface area contributed by atoms with Gasteiger partial charge < -0.3 is 5.32 Å². The fourth-order valence-electron chi connectivity index (χ4n) is 3.34. The van der Waals surface area contributed by atoms with Gasteiger partial charge in [-0.2, -0.15) is 0 Å². The highest BCUT2D eigenvalue weighted by Crippen LogP contribution is 2.20. The Morgan fingerprint density at radius 3 is 2.38 bits per heavy atom. The van der Waals surface area contributed by atoms with Crippen molar-refractivity contribution in [1.82, 2.24) is 14.5 Å². The van der Waals surface area contributed by atoms with Crippen LogP contribution in [0.4, 0.5) is 0 Å². The number of hydrogen-bond acceptors (Lipinski definition) is 3. The first-order valence-corrected chi connectivity index (χ1v) is 10.0. The Labute approximate surface area is 173 Å². The molecule has 3 rings (SSSR count). The predicted molar refractivity (Wildman–Crippen MR) is 116 cm³/mol. The number of amides is 1. The lowest BCUT2D eigenvalue weighted by Crippen LogP contribution is -2.44. The molecule has 0 bridgehead atoms. The van der Waals surface area contributed by atoms with Gasteiger partial charge in [0.05, 0.1) is 21.6 Å². The van der Waals surface area contributed by atoms with E-state index in [9.17, 15) is 14.4 Å². The summed E-state index contributed by atoms with van der Waals surface area (Å²) < 4.78 is 2.44. The van der Waals surface area contributed by atoms with Crippen LogP contribution in [0, 0.1) is 5.92 Å². The lowest BCUT2D eigenvalue weighted by molar-refractivity contribution is -0.124.